The lowest BCUT2D eigenvalue weighted by Crippen LogP contribution is -2.54. The molecule has 3 aliphatic rings. The zero-order valence-corrected chi connectivity index (χ0v) is 25.1. The highest BCUT2D eigenvalue weighted by molar-refractivity contribution is 6.07. The Bertz CT molecular complexity index is 1850. The maximum absolute atomic E-state index is 14.7. The summed E-state index contributed by atoms with van der Waals surface area (Å²) in [7, 11) is 0. The standard InChI is InChI=1S/C35H32FN7O3/c36-25-11-13-26(14-12-25)43-21-30(39-40-43)32(44)41-16-6-2-5-9-24-10-15-29-28(17-24)35(34(46)38-29)19-27(20-37)42(22-35)33(45)31(41)18-23-7-3-1-4-8-23/h1,3-4,7-8,10-15,17,21,27,31H,2,5-6,9,16,18-19,22H2,(H,38,46)/t27-,31-,35-/m0/s1. The van der Waals surface area contributed by atoms with Gasteiger partial charge in [-0.2, -0.15) is 5.26 Å². The first-order valence-corrected chi connectivity index (χ1v) is 15.5. The second kappa shape index (κ2) is 11.9. The highest BCUT2D eigenvalue weighted by Gasteiger charge is 2.57. The smallest absolute Gasteiger partial charge is 0.276 e. The number of carbonyl (C=O) groups excluding carboxylic acids is 3. The van der Waals surface area contributed by atoms with Crippen LogP contribution in [0, 0.1) is 17.1 Å². The molecule has 0 saturated carbocycles. The molecule has 1 aromatic heterocycles. The summed E-state index contributed by atoms with van der Waals surface area (Å²) in [5.74, 6) is -1.47. The van der Waals surface area contributed by atoms with Gasteiger partial charge in [-0.15, -0.1) is 5.10 Å². The minimum atomic E-state index is -1.05. The Labute approximate surface area is 265 Å². The molecule has 1 N–H and O–H groups in total. The van der Waals surface area contributed by atoms with Crippen LogP contribution in [-0.4, -0.2) is 67.7 Å². The predicted octanol–water partition coefficient (Wildman–Crippen LogP) is 4.20. The minimum Gasteiger partial charge on any atom is -0.325 e. The van der Waals surface area contributed by atoms with E-state index in [2.05, 4.69) is 27.8 Å². The maximum Gasteiger partial charge on any atom is 0.276 e. The number of nitrogens with one attached hydrogen (secondary N) is 1. The van der Waals surface area contributed by atoms with E-state index in [1.165, 1.54) is 40.0 Å². The summed E-state index contributed by atoms with van der Waals surface area (Å²) in [5, 5.41) is 21.6. The fourth-order valence-corrected chi connectivity index (χ4v) is 7.00. The average Bonchev–Trinajstić information content (AvgIpc) is 3.79. The Morgan fingerprint density at radius 1 is 1.04 bits per heavy atom. The molecule has 4 bridgehead atoms. The van der Waals surface area contributed by atoms with Gasteiger partial charge in [-0.1, -0.05) is 54.1 Å². The number of nitriles is 1. The quantitative estimate of drug-likeness (QED) is 0.366. The summed E-state index contributed by atoms with van der Waals surface area (Å²) in [6.07, 6.45) is 4.98. The summed E-state index contributed by atoms with van der Waals surface area (Å²) in [4.78, 5) is 45.7. The highest BCUT2D eigenvalue weighted by Crippen LogP contribution is 2.47. The van der Waals surface area contributed by atoms with Crippen molar-refractivity contribution in [2.75, 3.05) is 18.4 Å². The minimum absolute atomic E-state index is 0.0421. The fraction of sp³-hybridized carbons (Fsp3) is 0.314. The topological polar surface area (TPSA) is 124 Å². The molecule has 4 heterocycles. The fourth-order valence-electron chi connectivity index (χ4n) is 7.00. The van der Waals surface area contributed by atoms with Crippen molar-refractivity contribution in [2.45, 2.75) is 56.0 Å². The number of hydrogen-bond donors (Lipinski definition) is 1. The number of aryl methyl sites for hydroxylation is 1. The normalized spacial score (nSPS) is 22.7. The van der Waals surface area contributed by atoms with E-state index >= 15 is 0 Å². The van der Waals surface area contributed by atoms with Gasteiger partial charge in [0, 0.05) is 31.6 Å². The molecular formula is C35H32FN7O3. The zero-order chi connectivity index (χ0) is 31.8. The van der Waals surface area contributed by atoms with Crippen molar-refractivity contribution in [2.24, 2.45) is 0 Å². The van der Waals surface area contributed by atoms with Crippen LogP contribution in [0.5, 0.6) is 0 Å². The monoisotopic (exact) mass is 617 g/mol. The average molecular weight is 618 g/mol. The molecule has 4 aromatic rings. The second-order valence-corrected chi connectivity index (χ2v) is 12.3. The molecule has 3 amide bonds. The van der Waals surface area contributed by atoms with E-state index in [1.807, 2.05) is 42.5 Å². The van der Waals surface area contributed by atoms with E-state index < -0.39 is 29.2 Å². The van der Waals surface area contributed by atoms with Gasteiger partial charge in [-0.25, -0.2) is 9.07 Å². The van der Waals surface area contributed by atoms with Crippen LogP contribution < -0.4 is 5.32 Å². The van der Waals surface area contributed by atoms with Crippen LogP contribution in [0.3, 0.4) is 0 Å². The molecule has 3 atom stereocenters. The second-order valence-electron chi connectivity index (χ2n) is 12.3. The van der Waals surface area contributed by atoms with Crippen LogP contribution in [0.4, 0.5) is 10.1 Å². The Balaban J connectivity index is 1.29. The number of amides is 3. The van der Waals surface area contributed by atoms with Crippen molar-refractivity contribution in [3.63, 3.8) is 0 Å². The zero-order valence-electron chi connectivity index (χ0n) is 25.1. The molecule has 3 aliphatic heterocycles. The number of nitrogens with zero attached hydrogens (tertiary/aromatic N) is 6. The molecule has 0 radical (unpaired) electrons. The Hall–Kier alpha value is -5.37. The largest absolute Gasteiger partial charge is 0.325 e. The van der Waals surface area contributed by atoms with Crippen molar-refractivity contribution in [1.82, 2.24) is 24.8 Å². The lowest BCUT2D eigenvalue weighted by molar-refractivity contribution is -0.136. The van der Waals surface area contributed by atoms with Crippen molar-refractivity contribution in [3.8, 4) is 11.8 Å². The molecule has 11 heteroatoms. The Morgan fingerprint density at radius 2 is 1.85 bits per heavy atom. The molecular weight excluding hydrogens is 585 g/mol. The van der Waals surface area contributed by atoms with E-state index in [-0.39, 0.29) is 43.4 Å². The molecule has 10 nitrogen and oxygen atoms in total. The van der Waals surface area contributed by atoms with Crippen LogP contribution in [0.25, 0.3) is 5.69 Å². The molecule has 1 spiro atoms. The number of rotatable bonds is 4. The molecule has 0 aliphatic carbocycles. The Morgan fingerprint density at radius 3 is 2.63 bits per heavy atom. The van der Waals surface area contributed by atoms with E-state index in [1.54, 1.807) is 4.90 Å². The van der Waals surface area contributed by atoms with Gasteiger partial charge < -0.3 is 15.1 Å². The number of aromatic nitrogens is 3. The lowest BCUT2D eigenvalue weighted by Gasteiger charge is -2.34. The van der Waals surface area contributed by atoms with Gasteiger partial charge in [0.05, 0.1) is 23.4 Å². The highest BCUT2D eigenvalue weighted by atomic mass is 19.1. The predicted molar refractivity (Wildman–Crippen MR) is 166 cm³/mol. The van der Waals surface area contributed by atoms with E-state index in [9.17, 15) is 24.0 Å². The first-order chi connectivity index (χ1) is 22.4. The van der Waals surface area contributed by atoms with E-state index in [0.29, 0.717) is 17.8 Å². The van der Waals surface area contributed by atoms with Gasteiger partial charge in [0.25, 0.3) is 5.91 Å². The third kappa shape index (κ3) is 5.19. The first kappa shape index (κ1) is 29.3. The number of halogens is 1. The molecule has 232 valence electrons. The molecule has 0 unspecified atom stereocenters. The molecule has 1 fully saturated rings. The molecule has 3 aromatic carbocycles. The van der Waals surface area contributed by atoms with Crippen LogP contribution in [0.15, 0.2) is 79.0 Å². The summed E-state index contributed by atoms with van der Waals surface area (Å²) in [6, 6.07) is 21.6. The van der Waals surface area contributed by atoms with Crippen molar-refractivity contribution >= 4 is 23.4 Å². The van der Waals surface area contributed by atoms with E-state index in [4.69, 9.17) is 0 Å². The summed E-state index contributed by atoms with van der Waals surface area (Å²) >= 11 is 0. The van der Waals surface area contributed by atoms with Gasteiger partial charge in [0.15, 0.2) is 5.69 Å². The van der Waals surface area contributed by atoms with Gasteiger partial charge in [0.2, 0.25) is 11.8 Å². The molecule has 46 heavy (non-hydrogen) atoms. The van der Waals surface area contributed by atoms with Gasteiger partial charge >= 0.3 is 0 Å². The maximum atomic E-state index is 14.7. The molecule has 7 rings (SSSR count). The van der Waals surface area contributed by atoms with E-state index in [0.717, 1.165) is 36.0 Å². The first-order valence-electron chi connectivity index (χ1n) is 15.5. The summed E-state index contributed by atoms with van der Waals surface area (Å²) < 4.78 is 14.9. The van der Waals surface area contributed by atoms with Crippen LogP contribution >= 0.6 is 0 Å². The van der Waals surface area contributed by atoms with Crippen molar-refractivity contribution < 1.29 is 18.8 Å². The number of anilines is 1. The lowest BCUT2D eigenvalue weighted by atomic mass is 9.79. The Kier molecular flexibility index (Phi) is 7.56. The summed E-state index contributed by atoms with van der Waals surface area (Å²) in [5.41, 5.74) is 3.02. The summed E-state index contributed by atoms with van der Waals surface area (Å²) in [6.45, 7) is 0.326. The molecule has 1 saturated heterocycles. The number of benzene rings is 3. The van der Waals surface area contributed by atoms with Crippen LogP contribution in [0.1, 0.15) is 52.9 Å². The van der Waals surface area contributed by atoms with Crippen LogP contribution in [-0.2, 0) is 27.8 Å². The number of fused-ring (bicyclic) bond motifs is 2. The third-order valence-electron chi connectivity index (χ3n) is 9.43. The number of carbonyl (C=O) groups is 3. The van der Waals surface area contributed by atoms with Gasteiger partial charge in [0.1, 0.15) is 17.9 Å². The van der Waals surface area contributed by atoms with Crippen molar-refractivity contribution in [3.05, 3.63) is 107 Å². The third-order valence-corrected chi connectivity index (χ3v) is 9.43. The number of hydrogen-bond acceptors (Lipinski definition) is 6. The van der Waals surface area contributed by atoms with Crippen LogP contribution in [0.2, 0.25) is 0 Å². The SMILES string of the molecule is N#C[C@@H]1C[C@]23CN1C(=O)[C@H](Cc1ccccc1)N(C(=O)c1cn(-c4ccc(F)cc4)nn1)CCCCCc1ccc(c2c1)NC3=O. The van der Waals surface area contributed by atoms with Gasteiger partial charge in [-0.3, -0.25) is 14.4 Å². The van der Waals surface area contributed by atoms with Gasteiger partial charge in [-0.05, 0) is 66.3 Å². The van der Waals surface area contributed by atoms with Crippen molar-refractivity contribution in [1.29, 1.82) is 5.26 Å².